The van der Waals surface area contributed by atoms with Gasteiger partial charge in [0, 0.05) is 53.2 Å². The van der Waals surface area contributed by atoms with Crippen molar-refractivity contribution in [1.82, 2.24) is 19.9 Å². The lowest BCUT2D eigenvalue weighted by Crippen LogP contribution is -1.96. The van der Waals surface area contributed by atoms with Crippen molar-refractivity contribution in [3.63, 3.8) is 0 Å². The van der Waals surface area contributed by atoms with Crippen LogP contribution in [-0.4, -0.2) is 48.4 Å². The van der Waals surface area contributed by atoms with Gasteiger partial charge < -0.3 is 30.0 Å². The molecule has 0 saturated heterocycles. The van der Waals surface area contributed by atoms with Gasteiger partial charge in [-0.3, -0.25) is 0 Å². The van der Waals surface area contributed by atoms with Crippen molar-refractivity contribution < 1.29 is 18.9 Å². The molecule has 3 N–H and O–H groups in total. The van der Waals surface area contributed by atoms with Crippen LogP contribution < -0.4 is 30.0 Å². The Morgan fingerprint density at radius 2 is 1.15 bits per heavy atom. The SMILES string of the molecule is COc1cc(N)cc(OC)c1.COc1cc(Nc2ncnc3sccc23)cc(OC)c1.Clc1ncnc2sccc12. The summed E-state index contributed by atoms with van der Waals surface area (Å²) in [7, 11) is 6.43. The molecule has 13 heteroatoms. The van der Waals surface area contributed by atoms with Crippen molar-refractivity contribution in [3.8, 4) is 23.0 Å². The largest absolute Gasteiger partial charge is 0.497 e. The second kappa shape index (κ2) is 14.3. The maximum atomic E-state index is 5.75. The zero-order chi connectivity index (χ0) is 29.2. The summed E-state index contributed by atoms with van der Waals surface area (Å²) in [6.07, 6.45) is 3.03. The number of nitrogens with two attached hydrogens (primary N) is 1. The van der Waals surface area contributed by atoms with E-state index in [1.165, 1.54) is 6.33 Å². The van der Waals surface area contributed by atoms with Crippen LogP contribution in [0.5, 0.6) is 23.0 Å². The Kier molecular flexibility index (Phi) is 10.3. The van der Waals surface area contributed by atoms with Crippen LogP contribution in [0.3, 0.4) is 0 Å². The summed E-state index contributed by atoms with van der Waals surface area (Å²) in [5.74, 6) is 3.64. The topological polar surface area (TPSA) is 127 Å². The number of halogens is 1. The molecule has 4 aromatic heterocycles. The first-order valence-electron chi connectivity index (χ1n) is 11.9. The van der Waals surface area contributed by atoms with Crippen LogP contribution in [0.2, 0.25) is 5.15 Å². The van der Waals surface area contributed by atoms with Crippen molar-refractivity contribution in [1.29, 1.82) is 0 Å². The van der Waals surface area contributed by atoms with Gasteiger partial charge in [-0.2, -0.15) is 0 Å². The van der Waals surface area contributed by atoms with Gasteiger partial charge in [-0.05, 0) is 22.9 Å². The van der Waals surface area contributed by atoms with Crippen LogP contribution in [0.15, 0.2) is 71.9 Å². The highest BCUT2D eigenvalue weighted by Crippen LogP contribution is 2.31. The van der Waals surface area contributed by atoms with E-state index in [1.807, 2.05) is 41.1 Å². The van der Waals surface area contributed by atoms with Crippen LogP contribution >= 0.6 is 34.3 Å². The number of ether oxygens (including phenoxy) is 4. The molecule has 0 aliphatic carbocycles. The fourth-order valence-corrected chi connectivity index (χ4v) is 5.21. The quantitative estimate of drug-likeness (QED) is 0.149. The van der Waals surface area contributed by atoms with Gasteiger partial charge >= 0.3 is 0 Å². The van der Waals surface area contributed by atoms with E-state index >= 15 is 0 Å². The van der Waals surface area contributed by atoms with Gasteiger partial charge in [0.1, 0.15) is 56.3 Å². The van der Waals surface area contributed by atoms with Crippen molar-refractivity contribution in [2.45, 2.75) is 0 Å². The van der Waals surface area contributed by atoms with Crippen LogP contribution in [-0.2, 0) is 0 Å². The first-order chi connectivity index (χ1) is 19.9. The number of nitrogen functional groups attached to an aromatic ring is 1. The molecule has 10 nitrogen and oxygen atoms in total. The lowest BCUT2D eigenvalue weighted by molar-refractivity contribution is 0.394. The minimum atomic E-state index is 0.534. The second-order valence-corrected chi connectivity index (χ2v) is 10.2. The van der Waals surface area contributed by atoms with Gasteiger partial charge in [0.25, 0.3) is 0 Å². The molecule has 0 aliphatic heterocycles. The molecule has 0 spiro atoms. The average molecular weight is 611 g/mol. The van der Waals surface area contributed by atoms with E-state index in [0.29, 0.717) is 22.3 Å². The Morgan fingerprint density at radius 1 is 0.659 bits per heavy atom. The third-order valence-corrected chi connectivity index (χ3v) is 7.41. The van der Waals surface area contributed by atoms with E-state index < -0.39 is 0 Å². The van der Waals surface area contributed by atoms with Crippen LogP contribution in [0.1, 0.15) is 0 Å². The Hall–Kier alpha value is -4.39. The number of nitrogens with one attached hydrogen (secondary N) is 1. The molecule has 0 bridgehead atoms. The number of methoxy groups -OCH3 is 4. The number of anilines is 3. The molecule has 0 saturated carbocycles. The molecule has 0 radical (unpaired) electrons. The zero-order valence-corrected chi connectivity index (χ0v) is 25.0. The Labute approximate surface area is 249 Å². The van der Waals surface area contributed by atoms with Crippen molar-refractivity contribution in [3.05, 3.63) is 77.1 Å². The molecule has 0 aliphatic rings. The van der Waals surface area contributed by atoms with Gasteiger partial charge in [0.05, 0.1) is 33.8 Å². The van der Waals surface area contributed by atoms with Gasteiger partial charge in [0.2, 0.25) is 0 Å². The normalized spacial score (nSPS) is 10.2. The monoisotopic (exact) mass is 610 g/mol. The maximum Gasteiger partial charge on any atom is 0.142 e. The van der Waals surface area contributed by atoms with E-state index in [4.69, 9.17) is 36.3 Å². The molecule has 6 aromatic rings. The zero-order valence-electron chi connectivity index (χ0n) is 22.6. The summed E-state index contributed by atoms with van der Waals surface area (Å²) in [6.45, 7) is 0. The number of thiophene rings is 2. The average Bonchev–Trinajstić information content (AvgIpc) is 3.68. The lowest BCUT2D eigenvalue weighted by atomic mass is 10.2. The number of benzene rings is 2. The standard InChI is InChI=1S/C14H13N3O2S.C8H11NO2.C6H3ClN2S/c1-18-10-5-9(6-11(7-10)19-2)17-13-12-3-4-20-14(12)16-8-15-13;1-10-7-3-6(9)4-8(5-7)11-2;7-5-4-1-2-10-6(4)9-3-8-5/h3-8H,1-2H3,(H,15,16,17);3-5H,9H2,1-2H3;1-3H. The Bertz CT molecular complexity index is 1680. The minimum absolute atomic E-state index is 0.534. The molecular weight excluding hydrogens is 584 g/mol. The number of fused-ring (bicyclic) bond motifs is 2. The number of rotatable bonds is 6. The smallest absolute Gasteiger partial charge is 0.142 e. The third-order valence-electron chi connectivity index (χ3n) is 5.46. The predicted molar refractivity (Wildman–Crippen MR) is 167 cm³/mol. The fraction of sp³-hybridized carbons (Fsp3) is 0.143. The summed E-state index contributed by atoms with van der Waals surface area (Å²) in [6, 6.07) is 14.8. The van der Waals surface area contributed by atoms with Gasteiger partial charge in [-0.25, -0.2) is 19.9 Å². The molecule has 0 unspecified atom stereocenters. The summed E-state index contributed by atoms with van der Waals surface area (Å²) in [5.41, 5.74) is 7.04. The number of nitrogens with zero attached hydrogens (tertiary/aromatic N) is 4. The highest BCUT2D eigenvalue weighted by Gasteiger charge is 2.07. The van der Waals surface area contributed by atoms with Gasteiger partial charge in [-0.1, -0.05) is 11.6 Å². The highest BCUT2D eigenvalue weighted by atomic mass is 35.5. The first kappa shape index (κ1) is 29.6. The minimum Gasteiger partial charge on any atom is -0.497 e. The van der Waals surface area contributed by atoms with Gasteiger partial charge in [-0.15, -0.1) is 22.7 Å². The van der Waals surface area contributed by atoms with Crippen LogP contribution in [0.4, 0.5) is 17.2 Å². The number of aromatic nitrogens is 4. The molecule has 41 heavy (non-hydrogen) atoms. The summed E-state index contributed by atoms with van der Waals surface area (Å²) < 4.78 is 20.5. The number of hydrogen-bond acceptors (Lipinski definition) is 12. The van der Waals surface area contributed by atoms with E-state index in [2.05, 4.69) is 25.3 Å². The van der Waals surface area contributed by atoms with Crippen LogP contribution in [0, 0.1) is 0 Å². The van der Waals surface area contributed by atoms with E-state index in [0.717, 1.165) is 43.4 Å². The molecule has 0 amide bonds. The van der Waals surface area contributed by atoms with Gasteiger partial charge in [0.15, 0.2) is 0 Å². The van der Waals surface area contributed by atoms with Crippen molar-refractivity contribution >= 4 is 71.9 Å². The summed E-state index contributed by atoms with van der Waals surface area (Å²) >= 11 is 8.91. The Balaban J connectivity index is 0.000000156. The molecule has 2 aromatic carbocycles. The lowest BCUT2D eigenvalue weighted by Gasteiger charge is -2.10. The highest BCUT2D eigenvalue weighted by molar-refractivity contribution is 7.17. The fourth-order valence-electron chi connectivity index (χ4n) is 3.50. The molecule has 6 rings (SSSR count). The molecular formula is C28H27ClN6O4S2. The summed E-state index contributed by atoms with van der Waals surface area (Å²) in [4.78, 5) is 18.3. The van der Waals surface area contributed by atoms with E-state index in [1.54, 1.807) is 75.6 Å². The predicted octanol–water partition coefficient (Wildman–Crippen LogP) is 7.08. The first-order valence-corrected chi connectivity index (χ1v) is 14.1. The molecule has 0 fully saturated rings. The van der Waals surface area contributed by atoms with Crippen molar-refractivity contribution in [2.75, 3.05) is 39.5 Å². The molecule has 212 valence electrons. The van der Waals surface area contributed by atoms with Crippen molar-refractivity contribution in [2.24, 2.45) is 0 Å². The Morgan fingerprint density at radius 3 is 1.68 bits per heavy atom. The number of hydrogen-bond donors (Lipinski definition) is 2. The van der Waals surface area contributed by atoms with E-state index in [-0.39, 0.29) is 0 Å². The molecule has 0 atom stereocenters. The summed E-state index contributed by atoms with van der Waals surface area (Å²) in [5, 5.41) is 9.70. The van der Waals surface area contributed by atoms with Crippen LogP contribution in [0.25, 0.3) is 20.4 Å². The maximum absolute atomic E-state index is 5.75. The second-order valence-electron chi connectivity index (χ2n) is 8.04. The molecule has 4 heterocycles. The van der Waals surface area contributed by atoms with E-state index in [9.17, 15) is 0 Å². The third kappa shape index (κ3) is 7.84.